The minimum Gasteiger partial charge on any atom is -0.392 e. The fourth-order valence-corrected chi connectivity index (χ4v) is 2.76. The zero-order valence-corrected chi connectivity index (χ0v) is 14.0. The van der Waals surface area contributed by atoms with E-state index in [1.165, 1.54) is 11.0 Å². The Kier molecular flexibility index (Phi) is 5.13. The summed E-state index contributed by atoms with van der Waals surface area (Å²) < 4.78 is 39.4. The van der Waals surface area contributed by atoms with Crippen molar-refractivity contribution in [3.63, 3.8) is 0 Å². The molecule has 11 heteroatoms. The van der Waals surface area contributed by atoms with E-state index in [4.69, 9.17) is 5.11 Å². The maximum Gasteiger partial charge on any atom is 0.451 e. The Hall–Kier alpha value is -2.95. The van der Waals surface area contributed by atoms with E-state index in [0.717, 1.165) is 4.57 Å². The summed E-state index contributed by atoms with van der Waals surface area (Å²) in [4.78, 5) is 25.7. The normalized spacial score (nSPS) is 14.0. The molecule has 27 heavy (non-hydrogen) atoms. The van der Waals surface area contributed by atoms with Crippen LogP contribution in [0.3, 0.4) is 0 Å². The summed E-state index contributed by atoms with van der Waals surface area (Å²) in [6.07, 6.45) is -4.60. The standard InChI is InChI=1S/C16H16F3N5O3/c17-16(18,19)15-22-21-12-8-23(4-5-24(12)15)13(26)7-20-14(27)11-3-1-2-10(6-11)9-25/h1-3,6,25H,4-5,7-9H2,(H,20,27). The molecule has 2 aromatic rings. The van der Waals surface area contributed by atoms with Crippen molar-refractivity contribution in [2.75, 3.05) is 13.1 Å². The smallest absolute Gasteiger partial charge is 0.392 e. The first kappa shape index (κ1) is 18.8. The third-order valence-corrected chi connectivity index (χ3v) is 4.13. The summed E-state index contributed by atoms with van der Waals surface area (Å²) in [5, 5.41) is 18.2. The van der Waals surface area contributed by atoms with Gasteiger partial charge in [0, 0.05) is 18.7 Å². The van der Waals surface area contributed by atoms with E-state index in [9.17, 15) is 22.8 Å². The number of alkyl halides is 3. The van der Waals surface area contributed by atoms with E-state index in [-0.39, 0.29) is 38.6 Å². The molecule has 3 rings (SSSR count). The summed E-state index contributed by atoms with van der Waals surface area (Å²) in [6.45, 7) is -0.646. The van der Waals surface area contributed by atoms with Gasteiger partial charge in [0.2, 0.25) is 11.7 Å². The number of amides is 2. The monoisotopic (exact) mass is 383 g/mol. The topological polar surface area (TPSA) is 100 Å². The van der Waals surface area contributed by atoms with Crippen LogP contribution in [0.4, 0.5) is 13.2 Å². The number of aliphatic hydroxyl groups is 1. The van der Waals surface area contributed by atoms with Crippen molar-refractivity contribution in [3.05, 3.63) is 47.0 Å². The fourth-order valence-electron chi connectivity index (χ4n) is 2.76. The Morgan fingerprint density at radius 1 is 1.22 bits per heavy atom. The van der Waals surface area contributed by atoms with Crippen LogP contribution < -0.4 is 5.32 Å². The van der Waals surface area contributed by atoms with E-state index in [1.807, 2.05) is 0 Å². The van der Waals surface area contributed by atoms with Gasteiger partial charge in [0.1, 0.15) is 0 Å². The average molecular weight is 383 g/mol. The number of benzene rings is 1. The molecule has 0 bridgehead atoms. The van der Waals surface area contributed by atoms with Crippen molar-refractivity contribution in [3.8, 4) is 0 Å². The molecule has 0 unspecified atom stereocenters. The Labute approximate surface area is 151 Å². The molecule has 0 saturated heterocycles. The molecule has 0 radical (unpaired) electrons. The van der Waals surface area contributed by atoms with Crippen LogP contribution in [0, 0.1) is 0 Å². The summed E-state index contributed by atoms with van der Waals surface area (Å²) in [5.74, 6) is -1.96. The van der Waals surface area contributed by atoms with Gasteiger partial charge in [-0.2, -0.15) is 13.2 Å². The molecular weight excluding hydrogens is 367 g/mol. The molecule has 2 N–H and O–H groups in total. The van der Waals surface area contributed by atoms with Crippen LogP contribution in [-0.2, 0) is 30.7 Å². The second kappa shape index (κ2) is 7.35. The van der Waals surface area contributed by atoms with Crippen LogP contribution >= 0.6 is 0 Å². The number of carbonyl (C=O) groups excluding carboxylic acids is 2. The average Bonchev–Trinajstić information content (AvgIpc) is 3.09. The number of fused-ring (bicyclic) bond motifs is 1. The molecule has 2 amide bonds. The largest absolute Gasteiger partial charge is 0.451 e. The van der Waals surface area contributed by atoms with Crippen LogP contribution in [0.15, 0.2) is 24.3 Å². The van der Waals surface area contributed by atoms with E-state index < -0.39 is 23.8 Å². The van der Waals surface area contributed by atoms with Crippen LogP contribution in [0.2, 0.25) is 0 Å². The van der Waals surface area contributed by atoms with Crippen molar-refractivity contribution in [1.29, 1.82) is 0 Å². The molecule has 1 aromatic heterocycles. The first-order chi connectivity index (χ1) is 12.8. The summed E-state index contributed by atoms with van der Waals surface area (Å²) in [6, 6.07) is 6.31. The zero-order chi connectivity index (χ0) is 19.6. The molecule has 1 aromatic carbocycles. The molecule has 2 heterocycles. The molecule has 0 fully saturated rings. The van der Waals surface area contributed by atoms with Crippen LogP contribution in [-0.4, -0.2) is 49.7 Å². The number of aromatic nitrogens is 3. The Bertz CT molecular complexity index is 865. The number of halogens is 3. The lowest BCUT2D eigenvalue weighted by Crippen LogP contribution is -2.44. The van der Waals surface area contributed by atoms with Crippen molar-refractivity contribution < 1.29 is 27.9 Å². The van der Waals surface area contributed by atoms with Crippen molar-refractivity contribution in [1.82, 2.24) is 25.0 Å². The van der Waals surface area contributed by atoms with E-state index >= 15 is 0 Å². The predicted octanol–water partition coefficient (Wildman–Crippen LogP) is 0.561. The van der Waals surface area contributed by atoms with Gasteiger partial charge in [-0.3, -0.25) is 9.59 Å². The minimum atomic E-state index is -4.60. The highest BCUT2D eigenvalue weighted by Crippen LogP contribution is 2.29. The SMILES string of the molecule is O=C(NCC(=O)N1CCn2c(nnc2C(F)(F)F)C1)c1cccc(CO)c1. The second-order valence-corrected chi connectivity index (χ2v) is 5.95. The molecule has 0 saturated carbocycles. The molecule has 144 valence electrons. The summed E-state index contributed by atoms with van der Waals surface area (Å²) in [7, 11) is 0. The molecule has 0 atom stereocenters. The van der Waals surface area contributed by atoms with E-state index in [2.05, 4.69) is 15.5 Å². The summed E-state index contributed by atoms with van der Waals surface area (Å²) >= 11 is 0. The summed E-state index contributed by atoms with van der Waals surface area (Å²) in [5.41, 5.74) is 0.854. The lowest BCUT2D eigenvalue weighted by molar-refractivity contribution is -0.148. The Balaban J connectivity index is 1.59. The highest BCUT2D eigenvalue weighted by atomic mass is 19.4. The van der Waals surface area contributed by atoms with Gasteiger partial charge < -0.3 is 19.9 Å². The van der Waals surface area contributed by atoms with Crippen LogP contribution in [0.1, 0.15) is 27.6 Å². The van der Waals surface area contributed by atoms with Crippen LogP contribution in [0.5, 0.6) is 0 Å². The number of hydrogen-bond donors (Lipinski definition) is 2. The third-order valence-electron chi connectivity index (χ3n) is 4.13. The van der Waals surface area contributed by atoms with Gasteiger partial charge in [0.15, 0.2) is 5.82 Å². The molecule has 1 aliphatic rings. The zero-order valence-electron chi connectivity index (χ0n) is 14.0. The highest BCUT2D eigenvalue weighted by molar-refractivity contribution is 5.96. The number of hydrogen-bond acceptors (Lipinski definition) is 5. The molecule has 1 aliphatic heterocycles. The Morgan fingerprint density at radius 2 is 2.00 bits per heavy atom. The van der Waals surface area contributed by atoms with Crippen molar-refractivity contribution >= 4 is 11.8 Å². The molecule has 0 spiro atoms. The Morgan fingerprint density at radius 3 is 2.70 bits per heavy atom. The first-order valence-corrected chi connectivity index (χ1v) is 8.04. The number of carbonyl (C=O) groups is 2. The van der Waals surface area contributed by atoms with Gasteiger partial charge in [0.05, 0.1) is 19.7 Å². The maximum absolute atomic E-state index is 12.8. The van der Waals surface area contributed by atoms with Gasteiger partial charge >= 0.3 is 6.18 Å². The van der Waals surface area contributed by atoms with E-state index in [1.54, 1.807) is 18.2 Å². The van der Waals surface area contributed by atoms with Crippen molar-refractivity contribution in [2.45, 2.75) is 25.9 Å². The second-order valence-electron chi connectivity index (χ2n) is 5.95. The van der Waals surface area contributed by atoms with Gasteiger partial charge in [-0.05, 0) is 17.7 Å². The highest BCUT2D eigenvalue weighted by Gasteiger charge is 2.39. The van der Waals surface area contributed by atoms with Gasteiger partial charge in [0.25, 0.3) is 5.91 Å². The van der Waals surface area contributed by atoms with Gasteiger partial charge in [-0.25, -0.2) is 0 Å². The van der Waals surface area contributed by atoms with Crippen molar-refractivity contribution in [2.24, 2.45) is 0 Å². The predicted molar refractivity (Wildman–Crippen MR) is 85.1 cm³/mol. The van der Waals surface area contributed by atoms with Crippen LogP contribution in [0.25, 0.3) is 0 Å². The number of aliphatic hydroxyl groups excluding tert-OH is 1. The maximum atomic E-state index is 12.8. The van der Waals surface area contributed by atoms with E-state index in [0.29, 0.717) is 11.1 Å². The number of nitrogens with zero attached hydrogens (tertiary/aromatic N) is 4. The first-order valence-electron chi connectivity index (χ1n) is 8.04. The number of rotatable bonds is 4. The van der Waals surface area contributed by atoms with Gasteiger partial charge in [-0.1, -0.05) is 12.1 Å². The number of nitrogens with one attached hydrogen (secondary N) is 1. The lowest BCUT2D eigenvalue weighted by atomic mass is 10.1. The fraction of sp³-hybridized carbons (Fsp3) is 0.375. The molecular formula is C16H16F3N5O3. The third kappa shape index (κ3) is 4.08. The lowest BCUT2D eigenvalue weighted by Gasteiger charge is -2.28. The quantitative estimate of drug-likeness (QED) is 0.804. The molecule has 0 aliphatic carbocycles. The molecule has 8 nitrogen and oxygen atoms in total. The van der Waals surface area contributed by atoms with Gasteiger partial charge in [-0.15, -0.1) is 10.2 Å². The minimum absolute atomic E-state index is 0.0453.